The van der Waals surface area contributed by atoms with Crippen LogP contribution < -0.4 is 14.2 Å². The van der Waals surface area contributed by atoms with Gasteiger partial charge in [0.25, 0.3) is 0 Å². The van der Waals surface area contributed by atoms with Crippen LogP contribution in [0.4, 0.5) is 0 Å². The predicted octanol–water partition coefficient (Wildman–Crippen LogP) is 1.12. The maximum atomic E-state index is 12.8. The van der Waals surface area contributed by atoms with Gasteiger partial charge in [0.2, 0.25) is 20.0 Å². The minimum absolute atomic E-state index is 0.0194. The number of methoxy groups -OCH3 is 2. The zero-order valence-corrected chi connectivity index (χ0v) is 19.4. The van der Waals surface area contributed by atoms with Crippen molar-refractivity contribution in [2.24, 2.45) is 0 Å². The van der Waals surface area contributed by atoms with Gasteiger partial charge in [-0.25, -0.2) is 21.6 Å². The van der Waals surface area contributed by atoms with Crippen LogP contribution in [0.3, 0.4) is 0 Å². The molecule has 11 heteroatoms. The molecule has 0 aromatic heterocycles. The van der Waals surface area contributed by atoms with Crippen LogP contribution in [0.15, 0.2) is 52.3 Å². The summed E-state index contributed by atoms with van der Waals surface area (Å²) in [5.74, 6) is 0.738. The summed E-state index contributed by atoms with van der Waals surface area (Å²) >= 11 is 0. The van der Waals surface area contributed by atoms with Crippen LogP contribution in [-0.4, -0.2) is 73.5 Å². The standard InChI is InChI=1S/C20H27N3O6S2/c1-22-10-12-23(13-11-22)31(26,27)17-6-4-16(5-7-17)15-21-30(24,25)18-8-9-19(28-2)20(14-18)29-3/h4-9,14,21H,10-13,15H2,1-3H3. The normalized spacial score (nSPS) is 16.2. The van der Waals surface area contributed by atoms with E-state index >= 15 is 0 Å². The molecular formula is C20H27N3O6S2. The molecule has 0 atom stereocenters. The summed E-state index contributed by atoms with van der Waals surface area (Å²) in [7, 11) is -2.49. The Kier molecular flexibility index (Phi) is 7.22. The topological polar surface area (TPSA) is 105 Å². The highest BCUT2D eigenvalue weighted by atomic mass is 32.2. The van der Waals surface area contributed by atoms with Crippen LogP contribution in [0.25, 0.3) is 0 Å². The number of rotatable bonds is 8. The molecule has 1 aliphatic heterocycles. The first-order valence-electron chi connectivity index (χ1n) is 9.66. The number of nitrogens with zero attached hydrogens (tertiary/aromatic N) is 2. The number of sulfonamides is 2. The number of benzene rings is 2. The quantitative estimate of drug-likeness (QED) is 0.618. The molecule has 1 N–H and O–H groups in total. The molecule has 2 aromatic rings. The highest BCUT2D eigenvalue weighted by Gasteiger charge is 2.27. The Morgan fingerprint density at radius 2 is 1.42 bits per heavy atom. The molecule has 3 rings (SSSR count). The number of hydrogen-bond donors (Lipinski definition) is 1. The number of nitrogens with one attached hydrogen (secondary N) is 1. The van der Waals surface area contributed by atoms with E-state index in [1.807, 2.05) is 7.05 Å². The van der Waals surface area contributed by atoms with E-state index in [4.69, 9.17) is 9.47 Å². The highest BCUT2D eigenvalue weighted by Crippen LogP contribution is 2.29. The van der Waals surface area contributed by atoms with Crippen molar-refractivity contribution in [3.63, 3.8) is 0 Å². The fourth-order valence-electron chi connectivity index (χ4n) is 3.20. The third-order valence-electron chi connectivity index (χ3n) is 5.15. The summed E-state index contributed by atoms with van der Waals surface area (Å²) in [5.41, 5.74) is 0.640. The van der Waals surface area contributed by atoms with Gasteiger partial charge in [-0.05, 0) is 36.9 Å². The third kappa shape index (κ3) is 5.36. The van der Waals surface area contributed by atoms with Gasteiger partial charge < -0.3 is 14.4 Å². The molecule has 0 spiro atoms. The summed E-state index contributed by atoms with van der Waals surface area (Å²) in [6, 6.07) is 10.6. The molecule has 0 aliphatic carbocycles. The Balaban J connectivity index is 1.69. The van der Waals surface area contributed by atoms with Gasteiger partial charge in [-0.1, -0.05) is 12.1 Å². The first-order chi connectivity index (χ1) is 14.7. The van der Waals surface area contributed by atoms with Crippen molar-refractivity contribution in [2.75, 3.05) is 47.4 Å². The monoisotopic (exact) mass is 469 g/mol. The van der Waals surface area contributed by atoms with Crippen LogP contribution in [0.1, 0.15) is 5.56 Å². The summed E-state index contributed by atoms with van der Waals surface area (Å²) < 4.78 is 65.1. The molecule has 31 heavy (non-hydrogen) atoms. The molecule has 1 heterocycles. The van der Waals surface area contributed by atoms with E-state index in [-0.39, 0.29) is 16.3 Å². The summed E-state index contributed by atoms with van der Waals surface area (Å²) in [4.78, 5) is 2.32. The van der Waals surface area contributed by atoms with Gasteiger partial charge >= 0.3 is 0 Å². The lowest BCUT2D eigenvalue weighted by atomic mass is 10.2. The summed E-state index contributed by atoms with van der Waals surface area (Å²) in [5, 5.41) is 0. The van der Waals surface area contributed by atoms with E-state index in [9.17, 15) is 16.8 Å². The first-order valence-corrected chi connectivity index (χ1v) is 12.6. The second kappa shape index (κ2) is 9.53. The Labute approximate surface area is 183 Å². The second-order valence-electron chi connectivity index (χ2n) is 7.19. The van der Waals surface area contributed by atoms with Gasteiger partial charge in [-0.3, -0.25) is 0 Å². The van der Waals surface area contributed by atoms with Gasteiger partial charge in [-0.2, -0.15) is 4.31 Å². The van der Waals surface area contributed by atoms with E-state index in [0.29, 0.717) is 43.2 Å². The lowest BCUT2D eigenvalue weighted by molar-refractivity contribution is 0.222. The van der Waals surface area contributed by atoms with Crippen molar-refractivity contribution in [1.29, 1.82) is 0 Å². The van der Waals surface area contributed by atoms with Crippen molar-refractivity contribution in [2.45, 2.75) is 16.3 Å². The van der Waals surface area contributed by atoms with Gasteiger partial charge in [-0.15, -0.1) is 0 Å². The SMILES string of the molecule is COc1ccc(S(=O)(=O)NCc2ccc(S(=O)(=O)N3CCN(C)CC3)cc2)cc1OC. The highest BCUT2D eigenvalue weighted by molar-refractivity contribution is 7.89. The molecule has 0 radical (unpaired) electrons. The van der Waals surface area contributed by atoms with Gasteiger partial charge in [0, 0.05) is 38.8 Å². The Morgan fingerprint density at radius 3 is 2.00 bits per heavy atom. The van der Waals surface area contributed by atoms with E-state index in [2.05, 4.69) is 9.62 Å². The molecule has 0 saturated carbocycles. The number of ether oxygens (including phenoxy) is 2. The van der Waals surface area contributed by atoms with Crippen molar-refractivity contribution in [3.8, 4) is 11.5 Å². The molecule has 1 saturated heterocycles. The van der Waals surface area contributed by atoms with Gasteiger partial charge in [0.1, 0.15) is 0 Å². The fourth-order valence-corrected chi connectivity index (χ4v) is 5.66. The second-order valence-corrected chi connectivity index (χ2v) is 10.9. The van der Waals surface area contributed by atoms with Crippen molar-refractivity contribution in [1.82, 2.24) is 13.9 Å². The van der Waals surface area contributed by atoms with Crippen LogP contribution in [0.2, 0.25) is 0 Å². The molecule has 9 nitrogen and oxygen atoms in total. The van der Waals surface area contributed by atoms with Crippen molar-refractivity contribution < 1.29 is 26.3 Å². The lowest BCUT2D eigenvalue weighted by Gasteiger charge is -2.31. The van der Waals surface area contributed by atoms with Crippen LogP contribution in [0, 0.1) is 0 Å². The van der Waals surface area contributed by atoms with E-state index < -0.39 is 20.0 Å². The molecule has 2 aromatic carbocycles. The molecule has 0 bridgehead atoms. The van der Waals surface area contributed by atoms with Gasteiger partial charge in [0.05, 0.1) is 24.0 Å². The Hall–Kier alpha value is -2.18. The minimum Gasteiger partial charge on any atom is -0.493 e. The molecular weight excluding hydrogens is 442 g/mol. The maximum absolute atomic E-state index is 12.8. The number of piperazine rings is 1. The minimum atomic E-state index is -3.79. The number of hydrogen-bond acceptors (Lipinski definition) is 7. The van der Waals surface area contributed by atoms with Crippen LogP contribution >= 0.6 is 0 Å². The first kappa shape index (κ1) is 23.5. The number of likely N-dealkylation sites (N-methyl/N-ethyl adjacent to an activating group) is 1. The van der Waals surface area contributed by atoms with Crippen LogP contribution in [-0.2, 0) is 26.6 Å². The van der Waals surface area contributed by atoms with E-state index in [0.717, 1.165) is 0 Å². The molecule has 0 amide bonds. The van der Waals surface area contributed by atoms with E-state index in [1.165, 1.54) is 48.9 Å². The fraction of sp³-hybridized carbons (Fsp3) is 0.400. The lowest BCUT2D eigenvalue weighted by Crippen LogP contribution is -2.47. The van der Waals surface area contributed by atoms with Crippen molar-refractivity contribution >= 4 is 20.0 Å². The molecule has 170 valence electrons. The van der Waals surface area contributed by atoms with Gasteiger partial charge in [0.15, 0.2) is 11.5 Å². The van der Waals surface area contributed by atoms with Crippen LogP contribution in [0.5, 0.6) is 11.5 Å². The van der Waals surface area contributed by atoms with E-state index in [1.54, 1.807) is 12.1 Å². The largest absolute Gasteiger partial charge is 0.493 e. The molecule has 0 unspecified atom stereocenters. The zero-order valence-electron chi connectivity index (χ0n) is 17.7. The third-order valence-corrected chi connectivity index (χ3v) is 8.47. The van der Waals surface area contributed by atoms with Crippen molar-refractivity contribution in [3.05, 3.63) is 48.0 Å². The summed E-state index contributed by atoms with van der Waals surface area (Å²) in [6.45, 7) is 2.30. The predicted molar refractivity (Wildman–Crippen MR) is 116 cm³/mol. The maximum Gasteiger partial charge on any atom is 0.243 e. The summed E-state index contributed by atoms with van der Waals surface area (Å²) in [6.07, 6.45) is 0. The molecule has 1 aliphatic rings. The molecule has 1 fully saturated rings. The average Bonchev–Trinajstić information content (AvgIpc) is 2.77. The Bertz CT molecular complexity index is 1110. The zero-order chi connectivity index (χ0) is 22.6. The average molecular weight is 470 g/mol. The Morgan fingerprint density at radius 1 is 0.839 bits per heavy atom. The smallest absolute Gasteiger partial charge is 0.243 e.